The predicted molar refractivity (Wildman–Crippen MR) is 182 cm³/mol. The fourth-order valence-corrected chi connectivity index (χ4v) is 6.70. The molecule has 0 amide bonds. The minimum absolute atomic E-state index is 0.0403. The van der Waals surface area contributed by atoms with Crippen LogP contribution in [0.4, 0.5) is 0 Å². The van der Waals surface area contributed by atoms with Crippen molar-refractivity contribution >= 4 is 53.9 Å². The van der Waals surface area contributed by atoms with Crippen molar-refractivity contribution in [2.24, 2.45) is 0 Å². The van der Waals surface area contributed by atoms with Crippen LogP contribution in [-0.4, -0.2) is 0 Å². The molecular formula is C42H24O. The summed E-state index contributed by atoms with van der Waals surface area (Å²) >= 11 is 0. The van der Waals surface area contributed by atoms with Crippen LogP contribution in [0.3, 0.4) is 0 Å². The summed E-state index contributed by atoms with van der Waals surface area (Å²) in [6.45, 7) is 0. The molecular weight excluding hydrogens is 520 g/mol. The van der Waals surface area contributed by atoms with Crippen molar-refractivity contribution in [3.63, 3.8) is 0 Å². The largest absolute Gasteiger partial charge is 0.456 e. The number of fused-ring (bicyclic) bond motifs is 3. The quantitative estimate of drug-likeness (QED) is 0.193. The minimum atomic E-state index is -0.492. The second-order valence-corrected chi connectivity index (χ2v) is 11.0. The summed E-state index contributed by atoms with van der Waals surface area (Å²) in [7, 11) is 0. The average Bonchev–Trinajstić information content (AvgIpc) is 3.15. The number of rotatable bonds is 2. The third-order valence-electron chi connectivity index (χ3n) is 8.63. The molecule has 0 N–H and O–H groups in total. The van der Waals surface area contributed by atoms with Crippen molar-refractivity contribution in [3.8, 4) is 44.9 Å². The highest BCUT2D eigenvalue weighted by Gasteiger charge is 2.21. The molecule has 0 saturated heterocycles. The van der Waals surface area contributed by atoms with Crippen LogP contribution in [0.2, 0.25) is 0 Å². The van der Waals surface area contributed by atoms with Crippen molar-refractivity contribution in [1.82, 2.24) is 0 Å². The Labute approximate surface area is 261 Å². The lowest BCUT2D eigenvalue weighted by molar-refractivity contribution is 0.487. The van der Waals surface area contributed by atoms with E-state index in [0.717, 1.165) is 55.3 Å². The van der Waals surface area contributed by atoms with Gasteiger partial charge in [-0.25, -0.2) is 0 Å². The van der Waals surface area contributed by atoms with E-state index in [2.05, 4.69) is 24.3 Å². The van der Waals surface area contributed by atoms with Gasteiger partial charge in [0.15, 0.2) is 0 Å². The van der Waals surface area contributed by atoms with E-state index < -0.39 is 30.2 Å². The highest BCUT2D eigenvalue weighted by atomic mass is 16.5. The zero-order valence-electron chi connectivity index (χ0n) is 31.6. The highest BCUT2D eigenvalue weighted by molar-refractivity contribution is 6.25. The first kappa shape index (κ1) is 16.1. The van der Waals surface area contributed by atoms with Gasteiger partial charge in [-0.3, -0.25) is 0 Å². The SMILES string of the molecule is [2H]c1c([2H])c2c([2H])c([2H])c3c([2H])c([2H])c(-c4cc(-c5ccc6c(c5)-c5cccc7cccc(c57)O6)c5ccccc5c4)c4c([2H])c([2H])c(c1[2H])c2c34. The molecule has 198 valence electrons. The molecule has 1 heteroatoms. The fourth-order valence-electron chi connectivity index (χ4n) is 6.70. The van der Waals surface area contributed by atoms with E-state index in [1.807, 2.05) is 66.7 Å². The predicted octanol–water partition coefficient (Wildman–Crippen LogP) is 12.0. The lowest BCUT2D eigenvalue weighted by Gasteiger charge is -2.22. The molecule has 1 nitrogen and oxygen atoms in total. The molecule has 0 saturated carbocycles. The molecule has 0 aliphatic carbocycles. The third-order valence-corrected chi connectivity index (χ3v) is 8.63. The summed E-state index contributed by atoms with van der Waals surface area (Å²) in [6.07, 6.45) is 0. The van der Waals surface area contributed by atoms with E-state index in [1.54, 1.807) is 0 Å². The molecule has 0 spiro atoms. The molecule has 1 heterocycles. The maximum atomic E-state index is 9.35. The number of benzene rings is 9. The van der Waals surface area contributed by atoms with Crippen LogP contribution in [0.25, 0.3) is 87.2 Å². The molecule has 9 aromatic carbocycles. The number of hydrogen-bond donors (Lipinski definition) is 0. The van der Waals surface area contributed by atoms with Crippen LogP contribution in [0.5, 0.6) is 11.5 Å². The topological polar surface area (TPSA) is 9.23 Å². The second-order valence-electron chi connectivity index (χ2n) is 11.0. The van der Waals surface area contributed by atoms with Gasteiger partial charge in [-0.05, 0) is 107 Å². The van der Waals surface area contributed by atoms with Crippen molar-refractivity contribution in [2.45, 2.75) is 0 Å². The Kier molecular flexibility index (Phi) is 3.16. The van der Waals surface area contributed by atoms with Gasteiger partial charge in [0.1, 0.15) is 11.5 Å². The van der Waals surface area contributed by atoms with Crippen LogP contribution >= 0.6 is 0 Å². The van der Waals surface area contributed by atoms with E-state index in [0.29, 0.717) is 5.56 Å². The summed E-state index contributed by atoms with van der Waals surface area (Å²) < 4.78 is 86.8. The monoisotopic (exact) mass is 553 g/mol. The van der Waals surface area contributed by atoms with Gasteiger partial charge < -0.3 is 4.74 Å². The molecule has 0 fully saturated rings. The Morgan fingerprint density at radius 3 is 2.05 bits per heavy atom. The lowest BCUT2D eigenvalue weighted by atomic mass is 9.87. The Balaban J connectivity index is 1.32. The Bertz CT molecular complexity index is 3070. The summed E-state index contributed by atoms with van der Waals surface area (Å²) in [5.41, 5.74) is 4.45. The molecule has 0 unspecified atom stereocenters. The Morgan fingerprint density at radius 1 is 0.395 bits per heavy atom. The summed E-state index contributed by atoms with van der Waals surface area (Å²) in [4.78, 5) is 0. The molecule has 43 heavy (non-hydrogen) atoms. The molecule has 0 aromatic heterocycles. The molecule has 10 rings (SSSR count). The van der Waals surface area contributed by atoms with Crippen LogP contribution < -0.4 is 4.74 Å². The van der Waals surface area contributed by atoms with Crippen molar-refractivity contribution in [3.05, 3.63) is 145 Å². The number of ether oxygens (including phenoxy) is 1. The van der Waals surface area contributed by atoms with Crippen LogP contribution in [0, 0.1) is 0 Å². The van der Waals surface area contributed by atoms with Gasteiger partial charge in [-0.2, -0.15) is 0 Å². The van der Waals surface area contributed by atoms with Crippen LogP contribution in [0.1, 0.15) is 12.3 Å². The molecule has 0 bridgehead atoms. The Hall–Kier alpha value is -5.66. The molecule has 1 aliphatic rings. The van der Waals surface area contributed by atoms with Gasteiger partial charge in [-0.15, -0.1) is 0 Å². The molecule has 1 aliphatic heterocycles. The first-order valence-electron chi connectivity index (χ1n) is 18.6. The van der Waals surface area contributed by atoms with Crippen LogP contribution in [0.15, 0.2) is 145 Å². The maximum Gasteiger partial charge on any atom is 0.135 e. The van der Waals surface area contributed by atoms with Gasteiger partial charge in [0, 0.05) is 10.9 Å². The minimum Gasteiger partial charge on any atom is -0.456 e. The highest BCUT2D eigenvalue weighted by Crippen LogP contribution is 2.48. The summed E-state index contributed by atoms with van der Waals surface area (Å²) in [6, 6.07) is 26.5. The normalized spacial score (nSPS) is 15.3. The van der Waals surface area contributed by atoms with Crippen LogP contribution in [-0.2, 0) is 0 Å². The third kappa shape index (κ3) is 3.22. The van der Waals surface area contributed by atoms with Gasteiger partial charge in [0.25, 0.3) is 0 Å². The first-order valence-corrected chi connectivity index (χ1v) is 14.1. The van der Waals surface area contributed by atoms with E-state index in [-0.39, 0.29) is 62.1 Å². The van der Waals surface area contributed by atoms with Gasteiger partial charge in [-0.1, -0.05) is 115 Å². The van der Waals surface area contributed by atoms with Gasteiger partial charge in [0.2, 0.25) is 0 Å². The summed E-state index contributed by atoms with van der Waals surface area (Å²) in [5, 5.41) is 4.20. The van der Waals surface area contributed by atoms with Gasteiger partial charge >= 0.3 is 0 Å². The Morgan fingerprint density at radius 2 is 1.14 bits per heavy atom. The maximum absolute atomic E-state index is 9.35. The first-order chi connectivity index (χ1) is 25.1. The van der Waals surface area contributed by atoms with Crippen molar-refractivity contribution < 1.29 is 17.1 Å². The lowest BCUT2D eigenvalue weighted by Crippen LogP contribution is -1.97. The number of hydrogen-bond acceptors (Lipinski definition) is 1. The van der Waals surface area contributed by atoms with Crippen molar-refractivity contribution in [1.29, 1.82) is 0 Å². The zero-order valence-corrected chi connectivity index (χ0v) is 22.6. The fraction of sp³-hybridized carbons (Fsp3) is 0. The van der Waals surface area contributed by atoms with Gasteiger partial charge in [0.05, 0.1) is 12.3 Å². The zero-order chi connectivity index (χ0) is 35.9. The van der Waals surface area contributed by atoms with E-state index in [1.165, 1.54) is 0 Å². The summed E-state index contributed by atoms with van der Waals surface area (Å²) in [5.74, 6) is 1.53. The second kappa shape index (κ2) is 8.44. The molecule has 0 atom stereocenters. The average molecular weight is 554 g/mol. The molecule has 9 aromatic rings. The van der Waals surface area contributed by atoms with E-state index in [9.17, 15) is 4.11 Å². The van der Waals surface area contributed by atoms with E-state index >= 15 is 0 Å². The molecule has 0 radical (unpaired) electrons. The smallest absolute Gasteiger partial charge is 0.135 e. The standard InChI is InChI=1S/C42H24O/c1-2-11-32-29(6-1)22-31(33-19-16-28-15-14-26-7-3-8-27-17-20-35(33)42(28)40(26)27)24-36(32)30-18-21-38-37(23-30)34-12-4-9-25-10-5-13-39(43-38)41(25)34/h1-24H/i3D,7D,8D,14D,15D,16D,17D,19D,20D. The van der Waals surface area contributed by atoms with Crippen molar-refractivity contribution in [2.75, 3.05) is 0 Å². The van der Waals surface area contributed by atoms with E-state index in [4.69, 9.17) is 13.0 Å².